The fourth-order valence-electron chi connectivity index (χ4n) is 3.84. The molecule has 1 aromatic carbocycles. The molecule has 1 atom stereocenters. The van der Waals surface area contributed by atoms with Gasteiger partial charge in [-0.25, -0.2) is 0 Å². The van der Waals surface area contributed by atoms with Crippen LogP contribution in [0.5, 0.6) is 0 Å². The molecule has 1 N–H and O–H groups in total. The number of Topliss-reactive ketones (excluding diaryl/α,β-unsaturated/α-hetero) is 1. The third-order valence-corrected chi connectivity index (χ3v) is 5.45. The Kier molecular flexibility index (Phi) is 6.09. The highest BCUT2D eigenvalue weighted by Crippen LogP contribution is 2.29. The molecule has 0 spiro atoms. The minimum absolute atomic E-state index is 0.0835. The van der Waals surface area contributed by atoms with E-state index in [0.717, 1.165) is 30.4 Å². The van der Waals surface area contributed by atoms with Gasteiger partial charge in [-0.2, -0.15) is 0 Å². The van der Waals surface area contributed by atoms with Crippen LogP contribution >= 0.6 is 0 Å². The summed E-state index contributed by atoms with van der Waals surface area (Å²) in [5.74, 6) is 0.0749. The molecule has 1 saturated heterocycles. The van der Waals surface area contributed by atoms with Gasteiger partial charge in [0.25, 0.3) is 5.91 Å². The number of nitrogens with zero attached hydrogens (tertiary/aromatic N) is 1. The first-order valence-electron chi connectivity index (χ1n) is 9.92. The number of benzene rings is 1. The monoisotopic (exact) mass is 368 g/mol. The summed E-state index contributed by atoms with van der Waals surface area (Å²) in [6.45, 7) is 6.38. The number of hydrogen-bond acceptors (Lipinski definition) is 3. The number of hydrogen-bond donors (Lipinski definition) is 1. The second-order valence-electron chi connectivity index (χ2n) is 7.57. The van der Waals surface area contributed by atoms with Crippen LogP contribution in [-0.2, 0) is 22.6 Å². The second-order valence-corrected chi connectivity index (χ2v) is 7.57. The molecule has 2 aliphatic heterocycles. The Morgan fingerprint density at radius 2 is 2.07 bits per heavy atom. The third-order valence-electron chi connectivity index (χ3n) is 5.45. The van der Waals surface area contributed by atoms with Crippen molar-refractivity contribution in [1.82, 2.24) is 10.2 Å². The number of ketones is 1. The molecule has 0 bridgehead atoms. The van der Waals surface area contributed by atoms with Crippen LogP contribution < -0.4 is 5.32 Å². The predicted octanol–water partition coefficient (Wildman–Crippen LogP) is 3.52. The first-order valence-corrected chi connectivity index (χ1v) is 9.92. The smallest absolute Gasteiger partial charge is 0.255 e. The molecule has 27 heavy (non-hydrogen) atoms. The van der Waals surface area contributed by atoms with Gasteiger partial charge in [0.1, 0.15) is 11.8 Å². The van der Waals surface area contributed by atoms with Gasteiger partial charge in [0.05, 0.1) is 0 Å². The highest BCUT2D eigenvalue weighted by Gasteiger charge is 2.37. The van der Waals surface area contributed by atoms with Crippen molar-refractivity contribution < 1.29 is 14.4 Å². The molecule has 1 unspecified atom stereocenters. The molecule has 2 heterocycles. The number of unbranched alkanes of at least 4 members (excludes halogenated alkanes) is 2. The predicted molar refractivity (Wildman–Crippen MR) is 104 cm³/mol. The van der Waals surface area contributed by atoms with Crippen LogP contribution in [0.3, 0.4) is 0 Å². The van der Waals surface area contributed by atoms with E-state index in [1.54, 1.807) is 4.90 Å². The van der Waals surface area contributed by atoms with Gasteiger partial charge in [0.2, 0.25) is 5.91 Å². The van der Waals surface area contributed by atoms with Crippen molar-refractivity contribution in [3.8, 4) is 0 Å². The Balaban J connectivity index is 1.61. The average molecular weight is 368 g/mol. The van der Waals surface area contributed by atoms with E-state index >= 15 is 0 Å². The summed E-state index contributed by atoms with van der Waals surface area (Å²) in [5, 5.41) is 2.75. The molecule has 0 aliphatic carbocycles. The Morgan fingerprint density at radius 1 is 1.26 bits per heavy atom. The lowest BCUT2D eigenvalue weighted by atomic mass is 10.0. The van der Waals surface area contributed by atoms with Crippen molar-refractivity contribution >= 4 is 17.6 Å². The zero-order valence-electron chi connectivity index (χ0n) is 16.1. The SMILES string of the molecule is C=C1CCC(N2Cc3cc(CCC(=O)CCCCC)ccc3C2=O)C(=O)N1. The van der Waals surface area contributed by atoms with Crippen LogP contribution in [0.4, 0.5) is 0 Å². The molecular weight excluding hydrogens is 340 g/mol. The maximum atomic E-state index is 12.7. The van der Waals surface area contributed by atoms with Crippen molar-refractivity contribution in [3.05, 3.63) is 47.2 Å². The normalized spacial score (nSPS) is 19.2. The Bertz CT molecular complexity index is 769. The number of aryl methyl sites for hydroxylation is 1. The van der Waals surface area contributed by atoms with Crippen LogP contribution in [0, 0.1) is 0 Å². The van der Waals surface area contributed by atoms with E-state index < -0.39 is 6.04 Å². The lowest BCUT2D eigenvalue weighted by molar-refractivity contribution is -0.126. The fraction of sp³-hybridized carbons (Fsp3) is 0.500. The fourth-order valence-corrected chi connectivity index (χ4v) is 3.84. The van der Waals surface area contributed by atoms with E-state index in [9.17, 15) is 14.4 Å². The molecule has 5 heteroatoms. The number of piperidine rings is 1. The molecule has 2 amide bonds. The molecule has 0 saturated carbocycles. The minimum Gasteiger partial charge on any atom is -0.329 e. The van der Waals surface area contributed by atoms with Gasteiger partial charge in [-0.15, -0.1) is 0 Å². The van der Waals surface area contributed by atoms with Gasteiger partial charge in [0.15, 0.2) is 0 Å². The van der Waals surface area contributed by atoms with Gasteiger partial charge in [-0.05, 0) is 42.9 Å². The van der Waals surface area contributed by atoms with E-state index in [-0.39, 0.29) is 11.8 Å². The van der Waals surface area contributed by atoms with E-state index in [4.69, 9.17) is 0 Å². The maximum absolute atomic E-state index is 12.7. The van der Waals surface area contributed by atoms with Crippen molar-refractivity contribution in [1.29, 1.82) is 0 Å². The molecule has 2 aliphatic rings. The first kappa shape index (κ1) is 19.3. The molecule has 1 aromatic rings. The number of carbonyl (C=O) groups excluding carboxylic acids is 3. The standard InChI is InChI=1S/C22H28N2O3/c1-3-4-5-6-18(25)10-8-16-9-11-19-17(13-16)14-24(22(19)27)20-12-7-15(2)23-21(20)26/h9,11,13,20H,2-8,10,12,14H2,1H3,(H,23,26). The molecule has 0 radical (unpaired) electrons. The molecule has 144 valence electrons. The number of carbonyl (C=O) groups is 3. The second kappa shape index (κ2) is 8.51. The number of rotatable bonds is 8. The Morgan fingerprint density at radius 3 is 2.81 bits per heavy atom. The third kappa shape index (κ3) is 4.46. The zero-order valence-corrected chi connectivity index (χ0v) is 16.1. The van der Waals surface area contributed by atoms with Crippen LogP contribution in [0.15, 0.2) is 30.5 Å². The summed E-state index contributed by atoms with van der Waals surface area (Å²) in [7, 11) is 0. The lowest BCUT2D eigenvalue weighted by Gasteiger charge is -2.30. The first-order chi connectivity index (χ1) is 13.0. The van der Waals surface area contributed by atoms with E-state index in [0.29, 0.717) is 55.7 Å². The number of fused-ring (bicyclic) bond motifs is 1. The summed E-state index contributed by atoms with van der Waals surface area (Å²) in [6, 6.07) is 5.36. The van der Waals surface area contributed by atoms with E-state index in [2.05, 4.69) is 18.8 Å². The summed E-state index contributed by atoms with van der Waals surface area (Å²) in [4.78, 5) is 38.6. The number of amides is 2. The van der Waals surface area contributed by atoms with Crippen molar-refractivity contribution in [2.75, 3.05) is 0 Å². The summed E-state index contributed by atoms with van der Waals surface area (Å²) in [5.41, 5.74) is 3.42. The number of nitrogens with one attached hydrogen (secondary N) is 1. The Labute approximate surface area is 160 Å². The van der Waals surface area contributed by atoms with Crippen molar-refractivity contribution in [2.45, 2.75) is 70.9 Å². The Hall–Kier alpha value is -2.43. The summed E-state index contributed by atoms with van der Waals surface area (Å²) in [6.07, 6.45) is 6.42. The lowest BCUT2D eigenvalue weighted by Crippen LogP contribution is -2.49. The zero-order chi connectivity index (χ0) is 19.4. The van der Waals surface area contributed by atoms with E-state index in [1.165, 1.54) is 0 Å². The van der Waals surface area contributed by atoms with Gasteiger partial charge < -0.3 is 10.2 Å². The average Bonchev–Trinajstić information content (AvgIpc) is 2.96. The summed E-state index contributed by atoms with van der Waals surface area (Å²) < 4.78 is 0. The van der Waals surface area contributed by atoms with Gasteiger partial charge in [0, 0.05) is 30.6 Å². The van der Waals surface area contributed by atoms with Crippen molar-refractivity contribution in [2.24, 2.45) is 0 Å². The topological polar surface area (TPSA) is 66.5 Å². The van der Waals surface area contributed by atoms with E-state index in [1.807, 2.05) is 18.2 Å². The maximum Gasteiger partial charge on any atom is 0.255 e. The largest absolute Gasteiger partial charge is 0.329 e. The van der Waals surface area contributed by atoms with Gasteiger partial charge >= 0.3 is 0 Å². The molecule has 1 fully saturated rings. The van der Waals surface area contributed by atoms with Crippen LogP contribution in [-0.4, -0.2) is 28.5 Å². The quantitative estimate of drug-likeness (QED) is 0.714. The minimum atomic E-state index is -0.431. The summed E-state index contributed by atoms with van der Waals surface area (Å²) >= 11 is 0. The molecule has 3 rings (SSSR count). The molecule has 5 nitrogen and oxygen atoms in total. The molecular formula is C22H28N2O3. The van der Waals surface area contributed by atoms with Gasteiger partial charge in [-0.1, -0.05) is 38.5 Å². The van der Waals surface area contributed by atoms with Gasteiger partial charge in [-0.3, -0.25) is 14.4 Å². The molecule has 0 aromatic heterocycles. The highest BCUT2D eigenvalue weighted by atomic mass is 16.2. The highest BCUT2D eigenvalue weighted by molar-refractivity contribution is 6.01. The van der Waals surface area contributed by atoms with Crippen LogP contribution in [0.2, 0.25) is 0 Å². The van der Waals surface area contributed by atoms with Crippen LogP contribution in [0.1, 0.15) is 73.4 Å². The van der Waals surface area contributed by atoms with Crippen LogP contribution in [0.25, 0.3) is 0 Å². The number of allylic oxidation sites excluding steroid dienone is 1. The van der Waals surface area contributed by atoms with Crippen molar-refractivity contribution in [3.63, 3.8) is 0 Å².